The number of ether oxygens (including phenoxy) is 1. The van der Waals surface area contributed by atoms with Gasteiger partial charge in [0.15, 0.2) is 0 Å². The highest BCUT2D eigenvalue weighted by atomic mass is 16.6. The van der Waals surface area contributed by atoms with Crippen molar-refractivity contribution in [1.82, 2.24) is 20.2 Å². The zero-order chi connectivity index (χ0) is 34.5. The molecule has 0 aliphatic heterocycles. The molecule has 0 spiro atoms. The van der Waals surface area contributed by atoms with Gasteiger partial charge in [0.2, 0.25) is 5.91 Å². The van der Waals surface area contributed by atoms with Crippen molar-refractivity contribution in [2.45, 2.75) is 65.0 Å². The van der Waals surface area contributed by atoms with E-state index >= 15 is 0 Å². The molecule has 0 saturated heterocycles. The van der Waals surface area contributed by atoms with Gasteiger partial charge in [-0.15, -0.1) is 0 Å². The zero-order valence-corrected chi connectivity index (χ0v) is 28.2. The van der Waals surface area contributed by atoms with Crippen LogP contribution in [-0.4, -0.2) is 52.7 Å². The third-order valence-corrected chi connectivity index (χ3v) is 8.59. The molecule has 48 heavy (non-hydrogen) atoms. The number of aryl methyl sites for hydroxylation is 1. The number of nitriles is 1. The van der Waals surface area contributed by atoms with Gasteiger partial charge in [0.25, 0.3) is 5.91 Å². The molecule has 3 amide bonds. The monoisotopic (exact) mass is 651 g/mol. The predicted octanol–water partition coefficient (Wildman–Crippen LogP) is 6.30. The summed E-state index contributed by atoms with van der Waals surface area (Å²) in [6, 6.07) is 24.1. The quantitative estimate of drug-likeness (QED) is 0.121. The summed E-state index contributed by atoms with van der Waals surface area (Å²) in [7, 11) is 1.93. The van der Waals surface area contributed by atoms with E-state index in [9.17, 15) is 14.4 Å². The lowest BCUT2D eigenvalue weighted by molar-refractivity contribution is -0.120. The highest BCUT2D eigenvalue weighted by molar-refractivity contribution is 6.07. The first kappa shape index (κ1) is 35.5. The molecule has 0 aliphatic carbocycles. The molecule has 3 aromatic carbocycles. The fourth-order valence-electron chi connectivity index (χ4n) is 5.12. The van der Waals surface area contributed by atoms with Gasteiger partial charge in [0.05, 0.1) is 29.2 Å². The minimum Gasteiger partial charge on any atom is -0.443 e. The Morgan fingerprint density at radius 1 is 0.958 bits per heavy atom. The molecule has 1 heterocycles. The van der Waals surface area contributed by atoms with Gasteiger partial charge in [-0.05, 0) is 87.2 Å². The number of benzene rings is 3. The van der Waals surface area contributed by atoms with Crippen LogP contribution in [0.4, 0.5) is 16.2 Å². The average molecular weight is 652 g/mol. The molecule has 3 N–H and O–H groups in total. The van der Waals surface area contributed by atoms with E-state index in [1.165, 1.54) is 0 Å². The van der Waals surface area contributed by atoms with E-state index in [0.29, 0.717) is 54.8 Å². The van der Waals surface area contributed by atoms with Crippen molar-refractivity contribution >= 4 is 40.3 Å². The average Bonchev–Trinajstić information content (AvgIpc) is 3.43. The molecule has 0 bridgehead atoms. The second-order valence-corrected chi connectivity index (χ2v) is 11.9. The van der Waals surface area contributed by atoms with Crippen LogP contribution in [0.5, 0.6) is 0 Å². The number of unbranched alkanes of at least 4 members (excludes halogenated alkanes) is 1. The fraction of sp³-hybridized carbons (Fsp3) is 0.378. The molecule has 0 radical (unpaired) electrons. The molecule has 0 atom stereocenters. The summed E-state index contributed by atoms with van der Waals surface area (Å²) in [6.45, 7) is 7.50. The molecule has 0 fully saturated rings. The van der Waals surface area contributed by atoms with E-state index in [1.807, 2.05) is 80.9 Å². The van der Waals surface area contributed by atoms with Crippen molar-refractivity contribution in [3.05, 3.63) is 89.7 Å². The van der Waals surface area contributed by atoms with Crippen LogP contribution < -0.4 is 20.9 Å². The SMILES string of the molecule is CCC(C)(CC)OC(=O)NCCCCNC(=O)CCN(C(=O)c1ccc2c(c1)nc(CNc1ccc(C#N)cc1)n2C)c1ccccc1. The van der Waals surface area contributed by atoms with Crippen LogP contribution in [0.25, 0.3) is 11.0 Å². The number of amides is 3. The van der Waals surface area contributed by atoms with Gasteiger partial charge in [-0.3, -0.25) is 9.59 Å². The first-order chi connectivity index (χ1) is 23.2. The van der Waals surface area contributed by atoms with Gasteiger partial charge < -0.3 is 30.2 Å². The second kappa shape index (κ2) is 17.0. The number of aromatic nitrogens is 2. The summed E-state index contributed by atoms with van der Waals surface area (Å²) < 4.78 is 7.50. The van der Waals surface area contributed by atoms with Crippen molar-refractivity contribution in [3.63, 3.8) is 0 Å². The largest absolute Gasteiger partial charge is 0.443 e. The maximum absolute atomic E-state index is 13.8. The number of rotatable bonds is 16. The van der Waals surface area contributed by atoms with E-state index in [1.54, 1.807) is 29.2 Å². The van der Waals surface area contributed by atoms with Gasteiger partial charge in [-0.2, -0.15) is 5.26 Å². The number of nitrogens with zero attached hydrogens (tertiary/aromatic N) is 4. The first-order valence-corrected chi connectivity index (χ1v) is 16.5. The number of hydrogen-bond donors (Lipinski definition) is 3. The highest BCUT2D eigenvalue weighted by Gasteiger charge is 2.24. The van der Waals surface area contributed by atoms with Crippen LogP contribution in [0.3, 0.4) is 0 Å². The maximum Gasteiger partial charge on any atom is 0.407 e. The van der Waals surface area contributed by atoms with Crippen LogP contribution in [-0.2, 0) is 23.1 Å². The van der Waals surface area contributed by atoms with E-state index in [4.69, 9.17) is 15.0 Å². The van der Waals surface area contributed by atoms with Crippen LogP contribution in [0.2, 0.25) is 0 Å². The van der Waals surface area contributed by atoms with Crippen LogP contribution in [0, 0.1) is 11.3 Å². The molecule has 4 aromatic rings. The molecule has 252 valence electrons. The Bertz CT molecular complexity index is 1720. The zero-order valence-electron chi connectivity index (χ0n) is 28.2. The summed E-state index contributed by atoms with van der Waals surface area (Å²) in [6.07, 6.45) is 2.60. The van der Waals surface area contributed by atoms with Crippen molar-refractivity contribution < 1.29 is 19.1 Å². The Balaban J connectivity index is 1.32. The molecule has 1 aromatic heterocycles. The topological polar surface area (TPSA) is 141 Å². The molecule has 11 heteroatoms. The van der Waals surface area contributed by atoms with E-state index < -0.39 is 11.7 Å². The van der Waals surface area contributed by atoms with Crippen molar-refractivity contribution in [2.75, 3.05) is 29.9 Å². The standard InChI is InChI=1S/C37H45N7O4/c1-5-37(3,6-2)48-36(47)40-22-11-10-21-39-34(45)20-23-44(30-12-8-7-9-13-30)35(46)28-16-19-32-31(24-28)42-33(43(32)4)26-41-29-17-14-27(25-38)15-18-29/h7-9,12-19,24,41H,5-6,10-11,20-23,26H2,1-4H3,(H,39,45)(H,40,47). The fourth-order valence-corrected chi connectivity index (χ4v) is 5.12. The second-order valence-electron chi connectivity index (χ2n) is 11.9. The number of para-hydroxylation sites is 1. The lowest BCUT2D eigenvalue weighted by Gasteiger charge is -2.26. The molecule has 0 unspecified atom stereocenters. The molecular formula is C37H45N7O4. The Kier molecular flexibility index (Phi) is 12.5. The van der Waals surface area contributed by atoms with Gasteiger partial charge in [-0.1, -0.05) is 32.0 Å². The molecule has 4 rings (SSSR count). The molecule has 11 nitrogen and oxygen atoms in total. The van der Waals surface area contributed by atoms with E-state index in [-0.39, 0.29) is 24.8 Å². The highest BCUT2D eigenvalue weighted by Crippen LogP contribution is 2.23. The van der Waals surface area contributed by atoms with Gasteiger partial charge >= 0.3 is 6.09 Å². The number of anilines is 2. The van der Waals surface area contributed by atoms with Crippen molar-refractivity contribution in [3.8, 4) is 6.07 Å². The number of carbonyl (C=O) groups is 3. The summed E-state index contributed by atoms with van der Waals surface area (Å²) in [4.78, 5) is 45.1. The van der Waals surface area contributed by atoms with Crippen LogP contribution >= 0.6 is 0 Å². The Morgan fingerprint density at radius 3 is 2.31 bits per heavy atom. The summed E-state index contributed by atoms with van der Waals surface area (Å²) >= 11 is 0. The third kappa shape index (κ3) is 9.58. The number of imidazole rings is 1. The van der Waals surface area contributed by atoms with E-state index in [2.05, 4.69) is 22.0 Å². The van der Waals surface area contributed by atoms with Crippen molar-refractivity contribution in [1.29, 1.82) is 5.26 Å². The molecule has 0 aliphatic rings. The lowest BCUT2D eigenvalue weighted by Crippen LogP contribution is -2.37. The normalized spacial score (nSPS) is 11.1. The lowest BCUT2D eigenvalue weighted by atomic mass is 10.0. The minimum absolute atomic E-state index is 0.134. The first-order valence-electron chi connectivity index (χ1n) is 16.5. The number of nitrogens with one attached hydrogen (secondary N) is 3. The Hall–Kier alpha value is -5.37. The summed E-state index contributed by atoms with van der Waals surface area (Å²) in [5, 5.41) is 18.1. The summed E-state index contributed by atoms with van der Waals surface area (Å²) in [5.74, 6) is 0.415. The maximum atomic E-state index is 13.8. The van der Waals surface area contributed by atoms with E-state index in [0.717, 1.165) is 29.9 Å². The van der Waals surface area contributed by atoms with Crippen molar-refractivity contribution in [2.24, 2.45) is 7.05 Å². The molecular weight excluding hydrogens is 606 g/mol. The minimum atomic E-state index is -0.464. The smallest absolute Gasteiger partial charge is 0.407 e. The summed E-state index contributed by atoms with van der Waals surface area (Å²) in [5.41, 5.74) is 3.76. The number of hydrogen-bond acceptors (Lipinski definition) is 7. The van der Waals surface area contributed by atoms with Gasteiger partial charge in [-0.25, -0.2) is 9.78 Å². The number of fused-ring (bicyclic) bond motifs is 1. The van der Waals surface area contributed by atoms with Crippen LogP contribution in [0.1, 0.15) is 74.6 Å². The van der Waals surface area contributed by atoms with Gasteiger partial charge in [0, 0.05) is 50.0 Å². The Labute approximate surface area is 282 Å². The number of alkyl carbamates (subject to hydrolysis) is 1. The number of carbonyl (C=O) groups excluding carboxylic acids is 3. The van der Waals surface area contributed by atoms with Gasteiger partial charge in [0.1, 0.15) is 11.4 Å². The predicted molar refractivity (Wildman–Crippen MR) is 188 cm³/mol. The Morgan fingerprint density at radius 2 is 1.65 bits per heavy atom. The third-order valence-electron chi connectivity index (χ3n) is 8.59. The molecule has 0 saturated carbocycles. The van der Waals surface area contributed by atoms with Crippen LogP contribution in [0.15, 0.2) is 72.8 Å².